The van der Waals surface area contributed by atoms with Gasteiger partial charge in [-0.15, -0.1) is 0 Å². The second-order valence-electron chi connectivity index (χ2n) is 6.93. The molecule has 2 amide bonds. The minimum atomic E-state index is -0.614. The van der Waals surface area contributed by atoms with Crippen molar-refractivity contribution in [3.05, 3.63) is 59.5 Å². The fourth-order valence-corrected chi connectivity index (χ4v) is 3.30. The van der Waals surface area contributed by atoms with Gasteiger partial charge in [0.05, 0.1) is 12.6 Å². The highest BCUT2D eigenvalue weighted by Crippen LogP contribution is 2.26. The van der Waals surface area contributed by atoms with Crippen molar-refractivity contribution in [3.63, 3.8) is 0 Å². The Bertz CT molecular complexity index is 769. The van der Waals surface area contributed by atoms with Crippen molar-refractivity contribution in [2.24, 2.45) is 0 Å². The van der Waals surface area contributed by atoms with Gasteiger partial charge in [0.15, 0.2) is 0 Å². The molecule has 1 aromatic carbocycles. The molecule has 7 nitrogen and oxygen atoms in total. The Balaban J connectivity index is 1.42. The number of carbonyl (C=O) groups is 2. The Morgan fingerprint density at radius 2 is 1.86 bits per heavy atom. The summed E-state index contributed by atoms with van der Waals surface area (Å²) in [4.78, 5) is 26.2. The molecule has 2 heterocycles. The molecule has 2 N–H and O–H groups in total. The van der Waals surface area contributed by atoms with E-state index in [4.69, 9.17) is 9.15 Å². The average Bonchev–Trinajstić information content (AvgIpc) is 3.38. The van der Waals surface area contributed by atoms with Gasteiger partial charge in [0.25, 0.3) is 0 Å². The van der Waals surface area contributed by atoms with Crippen LogP contribution in [-0.4, -0.2) is 43.1 Å². The molecule has 150 valence electrons. The molecule has 1 fully saturated rings. The van der Waals surface area contributed by atoms with Crippen molar-refractivity contribution in [3.8, 4) is 0 Å². The van der Waals surface area contributed by atoms with E-state index in [1.54, 1.807) is 0 Å². The zero-order valence-corrected chi connectivity index (χ0v) is 16.1. The normalized spacial score (nSPS) is 15.2. The van der Waals surface area contributed by atoms with Gasteiger partial charge in [0.1, 0.15) is 18.1 Å². The summed E-state index contributed by atoms with van der Waals surface area (Å²) in [7, 11) is 0. The fourth-order valence-electron chi connectivity index (χ4n) is 3.30. The fraction of sp³-hybridized carbons (Fsp3) is 0.429. The first-order chi connectivity index (χ1) is 13.6. The summed E-state index contributed by atoms with van der Waals surface area (Å²) < 4.78 is 10.9. The molecule has 1 atom stereocenters. The molecule has 1 unspecified atom stereocenters. The van der Waals surface area contributed by atoms with E-state index in [1.165, 1.54) is 0 Å². The Kier molecular flexibility index (Phi) is 7.08. The van der Waals surface area contributed by atoms with E-state index >= 15 is 0 Å². The molecule has 1 aromatic heterocycles. The Morgan fingerprint density at radius 1 is 1.11 bits per heavy atom. The zero-order valence-electron chi connectivity index (χ0n) is 16.1. The van der Waals surface area contributed by atoms with E-state index in [-0.39, 0.29) is 25.1 Å². The van der Waals surface area contributed by atoms with Crippen LogP contribution >= 0.6 is 0 Å². The Labute approximate surface area is 165 Å². The van der Waals surface area contributed by atoms with Gasteiger partial charge in [-0.3, -0.25) is 9.69 Å². The van der Waals surface area contributed by atoms with E-state index in [9.17, 15) is 9.59 Å². The number of benzene rings is 1. The summed E-state index contributed by atoms with van der Waals surface area (Å²) in [5.74, 6) is 1.45. The zero-order chi connectivity index (χ0) is 19.8. The number of ether oxygens (including phenoxy) is 1. The molecular formula is C21H27N3O4. The summed E-state index contributed by atoms with van der Waals surface area (Å²) >= 11 is 0. The summed E-state index contributed by atoms with van der Waals surface area (Å²) in [6.07, 6.45) is 1.69. The number of carbonyl (C=O) groups excluding carboxylic acids is 2. The third kappa shape index (κ3) is 5.85. The average molecular weight is 385 g/mol. The number of hydrogen-bond acceptors (Lipinski definition) is 5. The SMILES string of the molecule is Cc1ccc(C(CNC(=O)CNC(=O)OCc2ccccc2)N2CCCC2)o1. The number of amides is 2. The summed E-state index contributed by atoms with van der Waals surface area (Å²) in [6, 6.07) is 13.3. The van der Waals surface area contributed by atoms with Crippen LogP contribution in [0, 0.1) is 6.92 Å². The number of aryl methyl sites for hydroxylation is 1. The summed E-state index contributed by atoms with van der Waals surface area (Å²) in [5, 5.41) is 5.37. The second-order valence-corrected chi connectivity index (χ2v) is 6.93. The lowest BCUT2D eigenvalue weighted by atomic mass is 10.2. The number of alkyl carbamates (subject to hydrolysis) is 1. The highest BCUT2D eigenvalue weighted by Gasteiger charge is 2.26. The maximum absolute atomic E-state index is 12.1. The highest BCUT2D eigenvalue weighted by atomic mass is 16.5. The van der Waals surface area contributed by atoms with E-state index < -0.39 is 6.09 Å². The van der Waals surface area contributed by atoms with Gasteiger partial charge in [-0.2, -0.15) is 0 Å². The first kappa shape index (κ1) is 19.9. The lowest BCUT2D eigenvalue weighted by molar-refractivity contribution is -0.120. The van der Waals surface area contributed by atoms with Crippen LogP contribution in [0.2, 0.25) is 0 Å². The van der Waals surface area contributed by atoms with Gasteiger partial charge in [-0.25, -0.2) is 4.79 Å². The van der Waals surface area contributed by atoms with Crippen LogP contribution in [0.5, 0.6) is 0 Å². The van der Waals surface area contributed by atoms with Crippen LogP contribution in [0.3, 0.4) is 0 Å². The van der Waals surface area contributed by atoms with Crippen molar-refractivity contribution < 1.29 is 18.7 Å². The summed E-state index contributed by atoms with van der Waals surface area (Å²) in [6.45, 7) is 4.37. The second kappa shape index (κ2) is 9.94. The van der Waals surface area contributed by atoms with Crippen LogP contribution in [0.4, 0.5) is 4.79 Å². The largest absolute Gasteiger partial charge is 0.465 e. The predicted molar refractivity (Wildman–Crippen MR) is 105 cm³/mol. The molecule has 0 aliphatic carbocycles. The quantitative estimate of drug-likeness (QED) is 0.730. The van der Waals surface area contributed by atoms with Crippen molar-refractivity contribution in [1.82, 2.24) is 15.5 Å². The number of furan rings is 1. The minimum absolute atomic E-state index is 0.00480. The van der Waals surface area contributed by atoms with Crippen molar-refractivity contribution in [1.29, 1.82) is 0 Å². The van der Waals surface area contributed by atoms with Crippen LogP contribution in [-0.2, 0) is 16.1 Å². The molecule has 7 heteroatoms. The maximum Gasteiger partial charge on any atom is 0.407 e. The van der Waals surface area contributed by atoms with Gasteiger partial charge in [0, 0.05) is 6.54 Å². The molecule has 0 bridgehead atoms. The molecule has 1 aliphatic rings. The molecule has 0 saturated carbocycles. The van der Waals surface area contributed by atoms with Gasteiger partial charge >= 0.3 is 6.09 Å². The van der Waals surface area contributed by atoms with Crippen molar-refractivity contribution >= 4 is 12.0 Å². The first-order valence-corrected chi connectivity index (χ1v) is 9.63. The lowest BCUT2D eigenvalue weighted by Gasteiger charge is -2.26. The van der Waals surface area contributed by atoms with Crippen LogP contribution in [0.25, 0.3) is 0 Å². The van der Waals surface area contributed by atoms with E-state index in [0.717, 1.165) is 43.0 Å². The van der Waals surface area contributed by atoms with Crippen LogP contribution in [0.1, 0.15) is 36.0 Å². The van der Waals surface area contributed by atoms with E-state index in [0.29, 0.717) is 6.54 Å². The minimum Gasteiger partial charge on any atom is -0.465 e. The number of nitrogens with zero attached hydrogens (tertiary/aromatic N) is 1. The third-order valence-corrected chi connectivity index (χ3v) is 4.77. The van der Waals surface area contributed by atoms with Crippen molar-refractivity contribution in [2.45, 2.75) is 32.4 Å². The van der Waals surface area contributed by atoms with Gasteiger partial charge in [0.2, 0.25) is 5.91 Å². The number of nitrogens with one attached hydrogen (secondary N) is 2. The number of rotatable bonds is 8. The van der Waals surface area contributed by atoms with Crippen LogP contribution in [0.15, 0.2) is 46.9 Å². The van der Waals surface area contributed by atoms with Gasteiger partial charge < -0.3 is 19.8 Å². The first-order valence-electron chi connectivity index (χ1n) is 9.63. The standard InChI is InChI=1S/C21H27N3O4/c1-16-9-10-19(28-16)18(24-11-5-6-12-24)13-22-20(25)14-23-21(26)27-15-17-7-3-2-4-8-17/h2-4,7-10,18H,5-6,11-15H2,1H3,(H,22,25)(H,23,26). The van der Waals surface area contributed by atoms with Crippen LogP contribution < -0.4 is 10.6 Å². The lowest BCUT2D eigenvalue weighted by Crippen LogP contribution is -2.41. The molecule has 28 heavy (non-hydrogen) atoms. The molecular weight excluding hydrogens is 358 g/mol. The van der Waals surface area contributed by atoms with Crippen molar-refractivity contribution in [2.75, 3.05) is 26.2 Å². The van der Waals surface area contributed by atoms with Gasteiger partial charge in [-0.05, 0) is 50.6 Å². The number of likely N-dealkylation sites (tertiary alicyclic amines) is 1. The highest BCUT2D eigenvalue weighted by molar-refractivity contribution is 5.82. The van der Waals surface area contributed by atoms with E-state index in [1.807, 2.05) is 49.4 Å². The molecule has 2 aromatic rings. The predicted octanol–water partition coefficient (Wildman–Crippen LogP) is 2.77. The topological polar surface area (TPSA) is 83.8 Å². The summed E-state index contributed by atoms with van der Waals surface area (Å²) in [5.41, 5.74) is 0.893. The molecule has 0 spiro atoms. The smallest absolute Gasteiger partial charge is 0.407 e. The molecule has 0 radical (unpaired) electrons. The monoisotopic (exact) mass is 385 g/mol. The molecule has 3 rings (SSSR count). The molecule has 1 saturated heterocycles. The maximum atomic E-state index is 12.1. The Morgan fingerprint density at radius 3 is 2.54 bits per heavy atom. The Hall–Kier alpha value is -2.80. The third-order valence-electron chi connectivity index (χ3n) is 4.77. The van der Waals surface area contributed by atoms with E-state index in [2.05, 4.69) is 15.5 Å². The molecule has 1 aliphatic heterocycles. The van der Waals surface area contributed by atoms with Gasteiger partial charge in [-0.1, -0.05) is 30.3 Å². The number of hydrogen-bond donors (Lipinski definition) is 2.